The minimum Gasteiger partial charge on any atom is -0.756 e. The van der Waals surface area contributed by atoms with Gasteiger partial charge in [-0.2, -0.15) is 4.98 Å². The number of nitrogen functional groups attached to an aromatic ring is 1. The maximum atomic E-state index is 12.2. The zero-order chi connectivity index (χ0) is 29.7. The number of fused-ring (bicyclic) bond motifs is 1. The van der Waals surface area contributed by atoms with Crippen molar-refractivity contribution >= 4 is 38.5 Å². The minimum atomic E-state index is -5.96. The number of rotatable bonds is 9. The van der Waals surface area contributed by atoms with Gasteiger partial charge in [-0.15, -0.1) is 0 Å². The second kappa shape index (κ2) is 14.5. The van der Waals surface area contributed by atoms with E-state index in [2.05, 4.69) is 28.3 Å². The molecular formula is C17H23N5Na2O16P2. The monoisotopic (exact) mass is 661 g/mol. The Balaban J connectivity index is 0.00000308. The number of carbonyl (C=O) groups is 1. The summed E-state index contributed by atoms with van der Waals surface area (Å²) in [6, 6.07) is 0. The zero-order valence-corrected chi connectivity index (χ0v) is 27.8. The summed E-state index contributed by atoms with van der Waals surface area (Å²) >= 11 is 0. The van der Waals surface area contributed by atoms with Crippen molar-refractivity contribution < 1.29 is 131 Å². The number of H-pyrrole nitrogens is 1. The van der Waals surface area contributed by atoms with Gasteiger partial charge < -0.3 is 55.1 Å². The molecule has 25 heteroatoms. The number of aromatic amines is 1. The SMILES string of the molecule is CC(=O)C1OC(OP(=O)([O-])OP(=O)([O-])OCC2OC(n3cnc4c(=O)[nH]c(N)nc43)C(O)C2O)C(O)C(O)C1O.[Na+].[Na+]. The first-order valence-electron chi connectivity index (χ1n) is 11.1. The Kier molecular flexibility index (Phi) is 13.1. The summed E-state index contributed by atoms with van der Waals surface area (Å²) in [5.41, 5.74) is 4.47. The van der Waals surface area contributed by atoms with Crippen molar-refractivity contribution in [1.82, 2.24) is 19.5 Å². The molecule has 0 spiro atoms. The number of imidazole rings is 1. The van der Waals surface area contributed by atoms with Crippen LogP contribution in [0.5, 0.6) is 0 Å². The van der Waals surface area contributed by atoms with Crippen LogP contribution in [0.15, 0.2) is 11.1 Å². The second-order valence-corrected chi connectivity index (χ2v) is 11.6. The van der Waals surface area contributed by atoms with Gasteiger partial charge in [0, 0.05) is 0 Å². The molecule has 42 heavy (non-hydrogen) atoms. The predicted octanol–water partition coefficient (Wildman–Crippen LogP) is -11.3. The molecule has 0 aliphatic carbocycles. The van der Waals surface area contributed by atoms with E-state index in [0.29, 0.717) is 0 Å². The average molecular weight is 661 g/mol. The topological polar surface area (TPSA) is 334 Å². The molecule has 0 radical (unpaired) electrons. The van der Waals surface area contributed by atoms with Crippen molar-refractivity contribution in [2.75, 3.05) is 12.3 Å². The molecule has 4 rings (SSSR count). The molecule has 21 nitrogen and oxygen atoms in total. The van der Waals surface area contributed by atoms with E-state index < -0.39 is 88.8 Å². The molecule has 0 bridgehead atoms. The number of anilines is 1. The zero-order valence-electron chi connectivity index (χ0n) is 22.0. The van der Waals surface area contributed by atoms with Gasteiger partial charge in [-0.3, -0.25) is 32.8 Å². The number of aliphatic hydroxyl groups excluding tert-OH is 5. The third-order valence-corrected chi connectivity index (χ3v) is 8.39. The normalized spacial score (nSPS) is 34.1. The molecule has 2 aromatic heterocycles. The maximum Gasteiger partial charge on any atom is 1.00 e. The van der Waals surface area contributed by atoms with Crippen molar-refractivity contribution in [3.63, 3.8) is 0 Å². The average Bonchev–Trinajstić information content (AvgIpc) is 3.38. The third kappa shape index (κ3) is 8.14. The quantitative estimate of drug-likeness (QED) is 0.0968. The number of phosphoric acid groups is 2. The van der Waals surface area contributed by atoms with Gasteiger partial charge in [0.05, 0.1) is 12.9 Å². The van der Waals surface area contributed by atoms with Gasteiger partial charge in [0.15, 0.2) is 29.5 Å². The first kappa shape index (κ1) is 38.0. The Morgan fingerprint density at radius 1 is 1.07 bits per heavy atom. The fourth-order valence-electron chi connectivity index (χ4n) is 3.95. The van der Waals surface area contributed by atoms with Gasteiger partial charge in [-0.05, 0) is 6.92 Å². The summed E-state index contributed by atoms with van der Waals surface area (Å²) in [4.78, 5) is 57.7. The van der Waals surface area contributed by atoms with E-state index in [1.807, 2.05) is 0 Å². The number of hydrogen-bond acceptors (Lipinski definition) is 19. The predicted molar refractivity (Wildman–Crippen MR) is 119 cm³/mol. The summed E-state index contributed by atoms with van der Waals surface area (Å²) in [7, 11) is -11.8. The molecule has 2 aliphatic rings. The van der Waals surface area contributed by atoms with Crippen molar-refractivity contribution in [1.29, 1.82) is 0 Å². The van der Waals surface area contributed by atoms with Crippen LogP contribution in [-0.4, -0.2) is 106 Å². The maximum absolute atomic E-state index is 12.2. The number of phosphoric ester groups is 2. The Hall–Kier alpha value is -0.200. The Labute approximate surface area is 278 Å². The molecule has 2 saturated heterocycles. The van der Waals surface area contributed by atoms with E-state index in [1.165, 1.54) is 0 Å². The van der Waals surface area contributed by atoms with Gasteiger partial charge in [0.25, 0.3) is 21.2 Å². The Morgan fingerprint density at radius 3 is 2.33 bits per heavy atom. The second-order valence-electron chi connectivity index (χ2n) is 8.71. The molecule has 11 unspecified atom stereocenters. The number of ether oxygens (including phenoxy) is 2. The van der Waals surface area contributed by atoms with E-state index in [0.717, 1.165) is 17.8 Å². The van der Waals surface area contributed by atoms with Crippen LogP contribution in [-0.2, 0) is 36.8 Å². The van der Waals surface area contributed by atoms with Crippen LogP contribution in [0.25, 0.3) is 11.2 Å². The number of nitrogens with two attached hydrogens (primary N) is 1. The molecule has 224 valence electrons. The van der Waals surface area contributed by atoms with Gasteiger partial charge in [-0.25, -0.2) is 9.29 Å². The van der Waals surface area contributed by atoms with Gasteiger partial charge in [0.1, 0.15) is 42.7 Å². The summed E-state index contributed by atoms with van der Waals surface area (Å²) in [6.45, 7) is -0.178. The molecule has 0 saturated carbocycles. The fraction of sp³-hybridized carbons (Fsp3) is 0.647. The third-order valence-electron chi connectivity index (χ3n) is 5.86. The molecule has 0 amide bonds. The van der Waals surface area contributed by atoms with Crippen LogP contribution < -0.4 is 80.2 Å². The smallest absolute Gasteiger partial charge is 0.756 e. The van der Waals surface area contributed by atoms with Crippen LogP contribution in [0.2, 0.25) is 0 Å². The molecule has 11 atom stereocenters. The van der Waals surface area contributed by atoms with Crippen LogP contribution in [0.4, 0.5) is 5.95 Å². The van der Waals surface area contributed by atoms with E-state index in [4.69, 9.17) is 15.2 Å². The number of aromatic nitrogens is 4. The standard InChI is InChI=1S/C17H25N5O16P2.2Na/c1-4(23)12-9(26)8(25)11(28)16(36-12)37-40(32,33)38-39(30,31)34-2-5-7(24)10(27)15(35-5)22-3-19-6-13(22)20-17(18)21-14(6)29;;/h3,5,7-12,15-16,24-28H,2H2,1H3,(H,30,31)(H,32,33)(H3,18,20,21,29);;/q;2*+1/p-2. The van der Waals surface area contributed by atoms with Crippen LogP contribution >= 0.6 is 15.6 Å². The van der Waals surface area contributed by atoms with Crippen molar-refractivity contribution in [2.45, 2.75) is 62.2 Å². The number of carbonyl (C=O) groups excluding carboxylic acids is 1. The summed E-state index contributed by atoms with van der Waals surface area (Å²) in [5, 5.41) is 50.2. The number of Topliss-reactive ketones (excluding diaryl/α,β-unsaturated/α-hetero) is 1. The van der Waals surface area contributed by atoms with Crippen molar-refractivity contribution in [3.05, 3.63) is 16.7 Å². The van der Waals surface area contributed by atoms with Crippen LogP contribution in [0.1, 0.15) is 13.2 Å². The summed E-state index contributed by atoms with van der Waals surface area (Å²) < 4.78 is 48.2. The molecule has 8 N–H and O–H groups in total. The molecule has 2 aromatic rings. The summed E-state index contributed by atoms with van der Waals surface area (Å²) in [6.07, 6.45) is -16.1. The Bertz CT molecular complexity index is 1430. The molecule has 2 fully saturated rings. The molecular weight excluding hydrogens is 638 g/mol. The molecule has 2 aliphatic heterocycles. The van der Waals surface area contributed by atoms with Gasteiger partial charge >= 0.3 is 59.1 Å². The fourth-order valence-corrected chi connectivity index (χ4v) is 6.04. The number of nitrogens with zero attached hydrogens (tertiary/aromatic N) is 3. The minimum absolute atomic E-state index is 0. The van der Waals surface area contributed by atoms with Crippen molar-refractivity contribution in [2.24, 2.45) is 0 Å². The largest absolute Gasteiger partial charge is 1.00 e. The number of aliphatic hydroxyl groups is 5. The molecule has 4 heterocycles. The van der Waals surface area contributed by atoms with E-state index >= 15 is 0 Å². The van der Waals surface area contributed by atoms with E-state index in [1.54, 1.807) is 0 Å². The Morgan fingerprint density at radius 2 is 1.71 bits per heavy atom. The summed E-state index contributed by atoms with van der Waals surface area (Å²) in [5.74, 6) is -1.17. The molecule has 0 aromatic carbocycles. The van der Waals surface area contributed by atoms with Gasteiger partial charge in [-0.1, -0.05) is 0 Å². The van der Waals surface area contributed by atoms with Crippen molar-refractivity contribution in [3.8, 4) is 0 Å². The van der Waals surface area contributed by atoms with Crippen LogP contribution in [0.3, 0.4) is 0 Å². The number of nitrogens with one attached hydrogen (secondary N) is 1. The van der Waals surface area contributed by atoms with Gasteiger partial charge in [0.2, 0.25) is 5.95 Å². The first-order valence-corrected chi connectivity index (χ1v) is 14.0. The van der Waals surface area contributed by atoms with E-state index in [-0.39, 0.29) is 76.2 Å². The number of hydrogen-bond donors (Lipinski definition) is 7. The van der Waals surface area contributed by atoms with E-state index in [9.17, 15) is 54.0 Å². The van der Waals surface area contributed by atoms with Crippen LogP contribution in [0, 0.1) is 0 Å². The number of ketones is 1. The first-order chi connectivity index (χ1) is 18.5.